The van der Waals surface area contributed by atoms with Crippen LogP contribution in [0.25, 0.3) is 10.9 Å². The monoisotopic (exact) mass is 439 g/mol. The zero-order chi connectivity index (χ0) is 21.8. The lowest BCUT2D eigenvalue weighted by Crippen LogP contribution is -2.42. The Balaban J connectivity index is 1.57. The average Bonchev–Trinajstić information content (AvgIpc) is 3.27. The van der Waals surface area contributed by atoms with Gasteiger partial charge in [-0.1, -0.05) is 23.8 Å². The molecule has 1 aromatic heterocycles. The van der Waals surface area contributed by atoms with Crippen LogP contribution in [0.3, 0.4) is 0 Å². The number of hydrogen-bond acceptors (Lipinski definition) is 3. The number of aryl methyl sites for hydroxylation is 1. The summed E-state index contributed by atoms with van der Waals surface area (Å²) in [6.07, 6.45) is 2.22. The number of rotatable bonds is 6. The molecule has 0 amide bonds. The molecule has 1 fully saturated rings. The first kappa shape index (κ1) is 21.5. The molecule has 2 heterocycles. The number of pyridine rings is 1. The standard InChI is InChI=1S/C24H26FN3O2S/c1-16-4-9-22-18(11-16)12-19(23(29)27-22)15-28(14-17-5-7-20(25)8-6-17)24(31)26-13-21-3-2-10-30-21/h4-9,11-12,21H,2-3,10,13-15H2,1H3,(H,26,31)(H,27,29). The van der Waals surface area contributed by atoms with Crippen LogP contribution in [0.2, 0.25) is 0 Å². The van der Waals surface area contributed by atoms with Gasteiger partial charge in [0.25, 0.3) is 5.56 Å². The van der Waals surface area contributed by atoms with Crippen LogP contribution in [-0.2, 0) is 17.8 Å². The lowest BCUT2D eigenvalue weighted by Gasteiger charge is -2.27. The van der Waals surface area contributed by atoms with Crippen molar-refractivity contribution in [1.82, 2.24) is 15.2 Å². The van der Waals surface area contributed by atoms with Crippen LogP contribution < -0.4 is 10.9 Å². The van der Waals surface area contributed by atoms with E-state index in [9.17, 15) is 9.18 Å². The van der Waals surface area contributed by atoms with E-state index in [1.165, 1.54) is 12.1 Å². The van der Waals surface area contributed by atoms with Gasteiger partial charge in [0.2, 0.25) is 0 Å². The van der Waals surface area contributed by atoms with Crippen molar-refractivity contribution >= 4 is 28.2 Å². The van der Waals surface area contributed by atoms with Gasteiger partial charge in [0.05, 0.1) is 12.6 Å². The molecule has 1 saturated heterocycles. The first-order valence-corrected chi connectivity index (χ1v) is 10.9. The smallest absolute Gasteiger partial charge is 0.253 e. The molecule has 0 radical (unpaired) electrons. The molecule has 162 valence electrons. The second-order valence-corrected chi connectivity index (χ2v) is 8.40. The van der Waals surface area contributed by atoms with Gasteiger partial charge in [0, 0.05) is 30.8 Å². The van der Waals surface area contributed by atoms with Crippen LogP contribution in [0.4, 0.5) is 4.39 Å². The molecular weight excluding hydrogens is 413 g/mol. The number of nitrogens with one attached hydrogen (secondary N) is 2. The van der Waals surface area contributed by atoms with E-state index < -0.39 is 0 Å². The molecule has 2 aromatic carbocycles. The van der Waals surface area contributed by atoms with E-state index in [0.717, 1.165) is 41.5 Å². The van der Waals surface area contributed by atoms with Crippen molar-refractivity contribution in [3.63, 3.8) is 0 Å². The molecule has 5 nitrogen and oxygen atoms in total. The van der Waals surface area contributed by atoms with Gasteiger partial charge in [0.1, 0.15) is 5.82 Å². The third kappa shape index (κ3) is 5.48. The van der Waals surface area contributed by atoms with Crippen molar-refractivity contribution in [3.05, 3.63) is 81.4 Å². The molecule has 2 N–H and O–H groups in total. The molecule has 0 bridgehead atoms. The summed E-state index contributed by atoms with van der Waals surface area (Å²) in [5.41, 5.74) is 3.34. The topological polar surface area (TPSA) is 57.4 Å². The summed E-state index contributed by atoms with van der Waals surface area (Å²) >= 11 is 5.67. The molecular formula is C24H26FN3O2S. The van der Waals surface area contributed by atoms with Gasteiger partial charge in [-0.05, 0) is 73.3 Å². The van der Waals surface area contributed by atoms with Gasteiger partial charge in [-0.2, -0.15) is 0 Å². The molecule has 0 saturated carbocycles. The highest BCUT2D eigenvalue weighted by molar-refractivity contribution is 7.80. The van der Waals surface area contributed by atoms with Gasteiger partial charge in [0.15, 0.2) is 5.11 Å². The molecule has 0 aliphatic carbocycles. The van der Waals surface area contributed by atoms with E-state index in [0.29, 0.717) is 30.3 Å². The van der Waals surface area contributed by atoms with Crippen molar-refractivity contribution in [2.75, 3.05) is 13.2 Å². The Bertz CT molecular complexity index is 1120. The zero-order valence-electron chi connectivity index (χ0n) is 17.5. The van der Waals surface area contributed by atoms with Crippen LogP contribution >= 0.6 is 12.2 Å². The SMILES string of the molecule is Cc1ccc2[nH]c(=O)c(CN(Cc3ccc(F)cc3)C(=S)NCC3CCCO3)cc2c1. The number of thiocarbonyl (C=S) groups is 1. The Morgan fingerprint density at radius 3 is 2.77 bits per heavy atom. The first-order chi connectivity index (χ1) is 15.0. The second kappa shape index (κ2) is 9.58. The summed E-state index contributed by atoms with van der Waals surface area (Å²) in [5, 5.41) is 4.81. The van der Waals surface area contributed by atoms with Crippen molar-refractivity contribution < 1.29 is 9.13 Å². The summed E-state index contributed by atoms with van der Waals surface area (Å²) in [6, 6.07) is 14.2. The van der Waals surface area contributed by atoms with Crippen molar-refractivity contribution in [2.45, 2.75) is 39.0 Å². The van der Waals surface area contributed by atoms with Crippen molar-refractivity contribution in [3.8, 4) is 0 Å². The maximum atomic E-state index is 13.3. The second-order valence-electron chi connectivity index (χ2n) is 8.02. The van der Waals surface area contributed by atoms with Crippen LogP contribution in [0.5, 0.6) is 0 Å². The first-order valence-electron chi connectivity index (χ1n) is 10.5. The highest BCUT2D eigenvalue weighted by Gasteiger charge is 2.18. The number of hydrogen-bond donors (Lipinski definition) is 2. The average molecular weight is 440 g/mol. The largest absolute Gasteiger partial charge is 0.376 e. The van der Waals surface area contributed by atoms with E-state index >= 15 is 0 Å². The van der Waals surface area contributed by atoms with E-state index in [2.05, 4.69) is 10.3 Å². The van der Waals surface area contributed by atoms with Crippen LogP contribution in [0, 0.1) is 12.7 Å². The third-order valence-electron chi connectivity index (χ3n) is 5.52. The van der Waals surface area contributed by atoms with Gasteiger partial charge in [-0.15, -0.1) is 0 Å². The number of benzene rings is 2. The minimum absolute atomic E-state index is 0.137. The number of ether oxygens (including phenoxy) is 1. The summed E-state index contributed by atoms with van der Waals surface area (Å²) in [5.74, 6) is -0.282. The fourth-order valence-corrected chi connectivity index (χ4v) is 4.03. The minimum Gasteiger partial charge on any atom is -0.376 e. The normalized spacial score (nSPS) is 15.9. The highest BCUT2D eigenvalue weighted by Crippen LogP contribution is 2.16. The molecule has 3 aromatic rings. The molecule has 0 spiro atoms. The number of aromatic amines is 1. The van der Waals surface area contributed by atoms with Gasteiger partial charge >= 0.3 is 0 Å². The Morgan fingerprint density at radius 1 is 1.23 bits per heavy atom. The number of aromatic nitrogens is 1. The van der Waals surface area contributed by atoms with E-state index in [1.807, 2.05) is 36.1 Å². The Hall–Kier alpha value is -2.77. The van der Waals surface area contributed by atoms with Crippen LogP contribution in [0.1, 0.15) is 29.5 Å². The minimum atomic E-state index is -0.282. The van der Waals surface area contributed by atoms with E-state index in [4.69, 9.17) is 17.0 Å². The lowest BCUT2D eigenvalue weighted by molar-refractivity contribution is 0.113. The predicted molar refractivity (Wildman–Crippen MR) is 125 cm³/mol. The molecule has 1 aliphatic heterocycles. The Kier molecular flexibility index (Phi) is 6.63. The molecule has 7 heteroatoms. The zero-order valence-corrected chi connectivity index (χ0v) is 18.3. The van der Waals surface area contributed by atoms with Crippen LogP contribution in [0.15, 0.2) is 53.3 Å². The highest BCUT2D eigenvalue weighted by atomic mass is 32.1. The van der Waals surface area contributed by atoms with Gasteiger partial charge < -0.3 is 19.9 Å². The van der Waals surface area contributed by atoms with Gasteiger partial charge in [-0.25, -0.2) is 4.39 Å². The van der Waals surface area contributed by atoms with Crippen molar-refractivity contribution in [2.24, 2.45) is 0 Å². The maximum Gasteiger partial charge on any atom is 0.253 e. The maximum absolute atomic E-state index is 13.3. The van der Waals surface area contributed by atoms with Crippen molar-refractivity contribution in [1.29, 1.82) is 0 Å². The number of H-pyrrole nitrogens is 1. The summed E-state index contributed by atoms with van der Waals surface area (Å²) in [6.45, 7) is 4.24. The van der Waals surface area contributed by atoms with Gasteiger partial charge in [-0.3, -0.25) is 4.79 Å². The fraction of sp³-hybridized carbons (Fsp3) is 0.333. The number of fused-ring (bicyclic) bond motifs is 1. The summed E-state index contributed by atoms with van der Waals surface area (Å²) in [7, 11) is 0. The lowest BCUT2D eigenvalue weighted by atomic mass is 10.1. The number of halogens is 1. The molecule has 1 atom stereocenters. The molecule has 1 unspecified atom stereocenters. The summed E-state index contributed by atoms with van der Waals surface area (Å²) in [4.78, 5) is 17.6. The quantitative estimate of drug-likeness (QED) is 0.568. The summed E-state index contributed by atoms with van der Waals surface area (Å²) < 4.78 is 19.0. The predicted octanol–water partition coefficient (Wildman–Crippen LogP) is 4.03. The fourth-order valence-electron chi connectivity index (χ4n) is 3.82. The Morgan fingerprint density at radius 2 is 2.03 bits per heavy atom. The van der Waals surface area contributed by atoms with E-state index in [-0.39, 0.29) is 17.5 Å². The molecule has 4 rings (SSSR count). The van der Waals surface area contributed by atoms with E-state index in [1.54, 1.807) is 12.1 Å². The third-order valence-corrected chi connectivity index (χ3v) is 5.92. The van der Waals surface area contributed by atoms with Crippen LogP contribution in [-0.4, -0.2) is 34.3 Å². The molecule has 1 aliphatic rings. The molecule has 31 heavy (non-hydrogen) atoms. The Labute approximate surface area is 186 Å². The number of nitrogens with zero attached hydrogens (tertiary/aromatic N) is 1.